The maximum absolute atomic E-state index is 11.3. The number of nitrogens with zero attached hydrogens (tertiary/aromatic N) is 1. The van der Waals surface area contributed by atoms with Crippen molar-refractivity contribution in [2.45, 2.75) is 18.9 Å². The number of ether oxygens (including phenoxy) is 2. The van der Waals surface area contributed by atoms with Gasteiger partial charge in [0.15, 0.2) is 0 Å². The van der Waals surface area contributed by atoms with Gasteiger partial charge in [-0.3, -0.25) is 9.69 Å². The van der Waals surface area contributed by atoms with Gasteiger partial charge in [0.1, 0.15) is 11.5 Å². The Morgan fingerprint density at radius 2 is 2.00 bits per heavy atom. The summed E-state index contributed by atoms with van der Waals surface area (Å²) in [6.07, 6.45) is 1.35. The normalized spacial score (nSPS) is 17.2. The van der Waals surface area contributed by atoms with E-state index in [2.05, 4.69) is 16.3 Å². The van der Waals surface area contributed by atoms with Gasteiger partial charge in [-0.15, -0.1) is 11.3 Å². The molecule has 5 nitrogen and oxygen atoms in total. The van der Waals surface area contributed by atoms with Crippen LogP contribution in [0, 0.1) is 5.92 Å². The third kappa shape index (κ3) is 3.80. The molecule has 1 aliphatic rings. The van der Waals surface area contributed by atoms with Crippen LogP contribution in [-0.2, 0) is 4.79 Å². The predicted molar refractivity (Wildman–Crippen MR) is 97.6 cm³/mol. The number of hydrogen-bond acceptors (Lipinski definition) is 5. The average Bonchev–Trinajstić information content (AvgIpc) is 3.17. The van der Waals surface area contributed by atoms with Gasteiger partial charge in [-0.1, -0.05) is 6.07 Å². The fourth-order valence-corrected chi connectivity index (χ4v) is 4.30. The summed E-state index contributed by atoms with van der Waals surface area (Å²) in [5, 5.41) is 11.3. The predicted octanol–water partition coefficient (Wildman–Crippen LogP) is 3.65. The Kier molecular flexibility index (Phi) is 5.60. The topological polar surface area (TPSA) is 59.0 Å². The summed E-state index contributed by atoms with van der Waals surface area (Å²) in [4.78, 5) is 14.8. The van der Waals surface area contributed by atoms with Crippen LogP contribution < -0.4 is 9.47 Å². The van der Waals surface area contributed by atoms with E-state index >= 15 is 0 Å². The van der Waals surface area contributed by atoms with Crippen molar-refractivity contribution in [3.8, 4) is 11.5 Å². The summed E-state index contributed by atoms with van der Waals surface area (Å²) in [6, 6.07) is 10.1. The summed E-state index contributed by atoms with van der Waals surface area (Å²) in [6.45, 7) is 1.52. The third-order valence-electron chi connectivity index (χ3n) is 4.79. The lowest BCUT2D eigenvalue weighted by Gasteiger charge is -2.36. The van der Waals surface area contributed by atoms with Crippen LogP contribution in [0.4, 0.5) is 0 Å². The van der Waals surface area contributed by atoms with Crippen molar-refractivity contribution in [1.82, 2.24) is 4.90 Å². The fourth-order valence-electron chi connectivity index (χ4n) is 3.43. The summed E-state index contributed by atoms with van der Waals surface area (Å²) in [5.41, 5.74) is 1.08. The minimum absolute atomic E-state index is 0.0654. The zero-order valence-electron chi connectivity index (χ0n) is 14.5. The molecule has 0 spiro atoms. The maximum atomic E-state index is 11.3. The lowest BCUT2D eigenvalue weighted by Crippen LogP contribution is -2.39. The molecule has 0 bridgehead atoms. The van der Waals surface area contributed by atoms with E-state index in [0.29, 0.717) is 12.8 Å². The van der Waals surface area contributed by atoms with Crippen molar-refractivity contribution in [1.29, 1.82) is 0 Å². The second-order valence-electron chi connectivity index (χ2n) is 6.17. The van der Waals surface area contributed by atoms with Crippen molar-refractivity contribution in [2.75, 3.05) is 27.3 Å². The van der Waals surface area contributed by atoms with E-state index in [4.69, 9.17) is 9.47 Å². The van der Waals surface area contributed by atoms with Crippen LogP contribution in [0.25, 0.3) is 0 Å². The van der Waals surface area contributed by atoms with E-state index in [0.717, 1.165) is 30.2 Å². The Labute approximate surface area is 151 Å². The van der Waals surface area contributed by atoms with Crippen LogP contribution in [-0.4, -0.2) is 43.3 Å². The van der Waals surface area contributed by atoms with Crippen molar-refractivity contribution >= 4 is 17.3 Å². The molecule has 0 radical (unpaired) electrons. The molecule has 1 aromatic carbocycles. The number of aliphatic carboxylic acids is 1. The molecule has 1 aromatic heterocycles. The molecule has 1 saturated heterocycles. The number of carboxylic acid groups (broad SMARTS) is 1. The molecule has 25 heavy (non-hydrogen) atoms. The Morgan fingerprint density at radius 3 is 2.56 bits per heavy atom. The smallest absolute Gasteiger partial charge is 0.306 e. The van der Waals surface area contributed by atoms with Crippen molar-refractivity contribution in [2.24, 2.45) is 5.92 Å². The van der Waals surface area contributed by atoms with E-state index in [1.54, 1.807) is 25.6 Å². The van der Waals surface area contributed by atoms with Gasteiger partial charge < -0.3 is 14.6 Å². The minimum atomic E-state index is -0.686. The van der Waals surface area contributed by atoms with Crippen molar-refractivity contribution in [3.05, 3.63) is 46.2 Å². The number of thiophene rings is 1. The molecule has 1 fully saturated rings. The number of carboxylic acids is 1. The number of benzene rings is 1. The molecule has 3 rings (SSSR count). The van der Waals surface area contributed by atoms with E-state index in [-0.39, 0.29) is 12.0 Å². The third-order valence-corrected chi connectivity index (χ3v) is 5.72. The van der Waals surface area contributed by atoms with E-state index < -0.39 is 5.97 Å². The first-order valence-electron chi connectivity index (χ1n) is 8.36. The zero-order chi connectivity index (χ0) is 17.8. The molecule has 1 atom stereocenters. The summed E-state index contributed by atoms with van der Waals surface area (Å²) in [5.74, 6) is 0.626. The van der Waals surface area contributed by atoms with Crippen LogP contribution in [0.2, 0.25) is 0 Å². The van der Waals surface area contributed by atoms with E-state index in [1.807, 2.05) is 24.3 Å². The largest absolute Gasteiger partial charge is 0.497 e. The van der Waals surface area contributed by atoms with Gasteiger partial charge in [-0.2, -0.15) is 0 Å². The average molecular weight is 361 g/mol. The molecular formula is C19H23NO4S. The Balaban J connectivity index is 1.93. The van der Waals surface area contributed by atoms with Crippen molar-refractivity contribution < 1.29 is 19.4 Å². The van der Waals surface area contributed by atoms with Crippen LogP contribution in [0.5, 0.6) is 11.5 Å². The highest BCUT2D eigenvalue weighted by Crippen LogP contribution is 2.40. The molecular weight excluding hydrogens is 338 g/mol. The molecule has 2 heterocycles. The Hall–Kier alpha value is -2.05. The fraction of sp³-hybridized carbons (Fsp3) is 0.421. The van der Waals surface area contributed by atoms with E-state index in [1.165, 1.54) is 4.88 Å². The lowest BCUT2D eigenvalue weighted by atomic mass is 9.93. The first kappa shape index (κ1) is 17.8. The highest BCUT2D eigenvalue weighted by molar-refractivity contribution is 7.10. The first-order chi connectivity index (χ1) is 12.1. The highest BCUT2D eigenvalue weighted by Gasteiger charge is 2.32. The second-order valence-corrected chi connectivity index (χ2v) is 7.15. The number of rotatable bonds is 6. The first-order valence-corrected chi connectivity index (χ1v) is 9.24. The number of hydrogen-bond donors (Lipinski definition) is 1. The van der Waals surface area contributed by atoms with Crippen LogP contribution in [0.1, 0.15) is 29.3 Å². The van der Waals surface area contributed by atoms with Gasteiger partial charge in [0, 0.05) is 16.5 Å². The summed E-state index contributed by atoms with van der Waals surface area (Å²) in [7, 11) is 3.31. The maximum Gasteiger partial charge on any atom is 0.306 e. The lowest BCUT2D eigenvalue weighted by molar-refractivity contribution is -0.143. The van der Waals surface area contributed by atoms with Crippen LogP contribution in [0.15, 0.2) is 35.7 Å². The highest BCUT2D eigenvalue weighted by atomic mass is 32.1. The number of methoxy groups -OCH3 is 2. The molecule has 134 valence electrons. The van der Waals surface area contributed by atoms with Gasteiger partial charge in [-0.25, -0.2) is 0 Å². The standard InChI is InChI=1S/C19H23NO4S/c1-23-14-5-6-15(16(12-14)24-2)18(17-4-3-11-25-17)20-9-7-13(8-10-20)19(21)22/h3-6,11-13,18H,7-10H2,1-2H3,(H,21,22). The SMILES string of the molecule is COc1ccc(C(c2cccs2)N2CCC(C(=O)O)CC2)c(OC)c1. The zero-order valence-corrected chi connectivity index (χ0v) is 15.3. The molecule has 0 aliphatic carbocycles. The van der Waals surface area contributed by atoms with E-state index in [9.17, 15) is 9.90 Å². The van der Waals surface area contributed by atoms with Gasteiger partial charge in [0.05, 0.1) is 26.2 Å². The molecule has 2 aromatic rings. The Morgan fingerprint density at radius 1 is 1.24 bits per heavy atom. The minimum Gasteiger partial charge on any atom is -0.497 e. The van der Waals surface area contributed by atoms with Gasteiger partial charge in [-0.05, 0) is 49.5 Å². The monoisotopic (exact) mass is 361 g/mol. The number of piperidine rings is 1. The summed E-state index contributed by atoms with van der Waals surface area (Å²) < 4.78 is 10.9. The molecule has 0 amide bonds. The van der Waals surface area contributed by atoms with Crippen LogP contribution in [0.3, 0.4) is 0 Å². The Bertz CT molecular complexity index is 708. The van der Waals surface area contributed by atoms with Gasteiger partial charge >= 0.3 is 5.97 Å². The van der Waals surface area contributed by atoms with Gasteiger partial charge in [0.2, 0.25) is 0 Å². The second kappa shape index (κ2) is 7.89. The molecule has 1 N–H and O–H groups in total. The molecule has 6 heteroatoms. The quantitative estimate of drug-likeness (QED) is 0.851. The van der Waals surface area contributed by atoms with Gasteiger partial charge in [0.25, 0.3) is 0 Å². The summed E-state index contributed by atoms with van der Waals surface area (Å²) >= 11 is 1.71. The number of likely N-dealkylation sites (tertiary alicyclic amines) is 1. The molecule has 1 aliphatic heterocycles. The number of carbonyl (C=O) groups is 1. The van der Waals surface area contributed by atoms with Crippen LogP contribution >= 0.6 is 11.3 Å². The molecule has 0 saturated carbocycles. The van der Waals surface area contributed by atoms with Crippen molar-refractivity contribution in [3.63, 3.8) is 0 Å². The molecule has 1 unspecified atom stereocenters.